The summed E-state index contributed by atoms with van der Waals surface area (Å²) in [5, 5.41) is 10.4. The molecule has 1 aliphatic rings. The molecule has 0 saturated heterocycles. The highest BCUT2D eigenvalue weighted by atomic mass is 35.5. The van der Waals surface area contributed by atoms with Crippen LogP contribution in [0.25, 0.3) is 0 Å². The van der Waals surface area contributed by atoms with Crippen LogP contribution in [0, 0.1) is 0 Å². The quantitative estimate of drug-likeness (QED) is 0.513. The van der Waals surface area contributed by atoms with Gasteiger partial charge in [0.15, 0.2) is 5.06 Å². The van der Waals surface area contributed by atoms with Crippen molar-refractivity contribution >= 4 is 46.4 Å². The Labute approximate surface area is 149 Å². The summed E-state index contributed by atoms with van der Waals surface area (Å²) in [6.45, 7) is 2.10. The summed E-state index contributed by atoms with van der Waals surface area (Å²) in [7, 11) is 0. The van der Waals surface area contributed by atoms with Gasteiger partial charge >= 0.3 is 0 Å². The van der Waals surface area contributed by atoms with Crippen molar-refractivity contribution in [2.75, 3.05) is 0 Å². The van der Waals surface area contributed by atoms with E-state index in [2.05, 4.69) is 6.92 Å². The number of alkyl halides is 1. The molecule has 1 nitrogen and oxygen atoms in total. The Hall–Kier alpha value is -0.440. The van der Waals surface area contributed by atoms with Crippen molar-refractivity contribution in [3.63, 3.8) is 0 Å². The Kier molecular flexibility index (Phi) is 4.39. The lowest BCUT2D eigenvalue weighted by atomic mass is 10.0. The smallest absolute Gasteiger partial charge is 0.153 e. The summed E-state index contributed by atoms with van der Waals surface area (Å²) in [6.07, 6.45) is 0.970. The van der Waals surface area contributed by atoms with Crippen molar-refractivity contribution in [1.82, 2.24) is 0 Å². The largest absolute Gasteiger partial charge is 0.374 e. The minimum atomic E-state index is -1.35. The molecule has 0 bridgehead atoms. The van der Waals surface area contributed by atoms with Gasteiger partial charge in [-0.1, -0.05) is 77.6 Å². The topological polar surface area (TPSA) is 20.2 Å². The molecule has 116 valence electrons. The summed E-state index contributed by atoms with van der Waals surface area (Å²) in [6, 6.07) is 11.4. The van der Waals surface area contributed by atoms with Gasteiger partial charge in [0.05, 0.1) is 10.0 Å². The average Bonchev–Trinajstić information content (AvgIpc) is 3.05. The van der Waals surface area contributed by atoms with Crippen LogP contribution in [0.3, 0.4) is 0 Å². The zero-order valence-electron chi connectivity index (χ0n) is 11.8. The fraction of sp³-hybridized carbons (Fsp3) is 0.294. The first-order chi connectivity index (χ1) is 10.4. The first kappa shape index (κ1) is 16.4. The molecule has 0 amide bonds. The normalized spacial score (nSPS) is 27.0. The van der Waals surface area contributed by atoms with Crippen LogP contribution in [0.1, 0.15) is 35.4 Å². The average molecular weight is 376 g/mol. The number of halogens is 4. The summed E-state index contributed by atoms with van der Waals surface area (Å²) >= 11 is 24.6. The monoisotopic (exact) mass is 374 g/mol. The van der Waals surface area contributed by atoms with Gasteiger partial charge in [-0.3, -0.25) is 0 Å². The maximum Gasteiger partial charge on any atom is 0.153 e. The second-order valence-corrected chi connectivity index (χ2v) is 7.39. The fourth-order valence-corrected chi connectivity index (χ4v) is 4.01. The summed E-state index contributed by atoms with van der Waals surface area (Å²) < 4.78 is 0. The van der Waals surface area contributed by atoms with Crippen LogP contribution in [-0.2, 0) is 6.42 Å². The zero-order valence-corrected chi connectivity index (χ0v) is 14.8. The molecule has 0 aliphatic heterocycles. The van der Waals surface area contributed by atoms with Crippen molar-refractivity contribution < 1.29 is 5.11 Å². The minimum Gasteiger partial charge on any atom is -0.374 e. The number of hydrogen-bond donors (Lipinski definition) is 1. The number of benzene rings is 2. The van der Waals surface area contributed by atoms with E-state index < -0.39 is 5.06 Å². The Balaban J connectivity index is 1.97. The molecular weight excluding hydrogens is 362 g/mol. The van der Waals surface area contributed by atoms with Crippen molar-refractivity contribution in [2.24, 2.45) is 0 Å². The minimum absolute atomic E-state index is 0.213. The molecule has 0 radical (unpaired) electrons. The number of aryl methyl sites for hydroxylation is 1. The van der Waals surface area contributed by atoms with Crippen LogP contribution < -0.4 is 0 Å². The van der Waals surface area contributed by atoms with Gasteiger partial charge in [-0.15, -0.1) is 0 Å². The van der Waals surface area contributed by atoms with Gasteiger partial charge in [0.1, 0.15) is 0 Å². The Bertz CT molecular complexity index is 709. The lowest BCUT2D eigenvalue weighted by Crippen LogP contribution is -2.01. The predicted molar refractivity (Wildman–Crippen MR) is 93.6 cm³/mol. The molecule has 2 aromatic carbocycles. The van der Waals surface area contributed by atoms with Gasteiger partial charge in [0, 0.05) is 16.9 Å². The van der Waals surface area contributed by atoms with Crippen molar-refractivity contribution in [3.8, 4) is 0 Å². The van der Waals surface area contributed by atoms with E-state index in [0.29, 0.717) is 15.1 Å². The van der Waals surface area contributed by atoms with Gasteiger partial charge in [-0.2, -0.15) is 0 Å². The van der Waals surface area contributed by atoms with E-state index in [9.17, 15) is 5.11 Å². The molecule has 3 rings (SSSR count). The second kappa shape index (κ2) is 5.89. The van der Waals surface area contributed by atoms with Crippen molar-refractivity contribution in [3.05, 3.63) is 68.2 Å². The molecule has 3 atom stereocenters. The number of rotatable bonds is 3. The summed E-state index contributed by atoms with van der Waals surface area (Å²) in [5.74, 6) is -0.515. The molecule has 2 aromatic rings. The first-order valence-electron chi connectivity index (χ1n) is 7.00. The van der Waals surface area contributed by atoms with E-state index in [1.807, 2.05) is 24.3 Å². The molecule has 22 heavy (non-hydrogen) atoms. The molecule has 1 saturated carbocycles. The molecule has 0 heterocycles. The lowest BCUT2D eigenvalue weighted by molar-refractivity contribution is 0.224. The SMILES string of the molecule is CCc1ccc(C2C(c3cc(Cl)c(Cl)cc3Cl)C2(O)Cl)cc1. The van der Waals surface area contributed by atoms with Crippen molar-refractivity contribution in [1.29, 1.82) is 0 Å². The molecule has 5 heteroatoms. The van der Waals surface area contributed by atoms with Crippen LogP contribution in [0.2, 0.25) is 15.1 Å². The highest BCUT2D eigenvalue weighted by Crippen LogP contribution is 2.67. The molecule has 0 spiro atoms. The fourth-order valence-electron chi connectivity index (χ4n) is 2.91. The van der Waals surface area contributed by atoms with E-state index in [4.69, 9.17) is 46.4 Å². The van der Waals surface area contributed by atoms with Crippen LogP contribution in [-0.4, -0.2) is 10.2 Å². The zero-order chi connectivity index (χ0) is 16.1. The first-order valence-corrected chi connectivity index (χ1v) is 8.52. The third-order valence-electron chi connectivity index (χ3n) is 4.22. The van der Waals surface area contributed by atoms with Gasteiger partial charge in [-0.05, 0) is 35.2 Å². The standard InChI is InChI=1S/C17H14Cl4O/c1-2-9-3-5-10(6-4-9)15-16(17(15,21)22)11-7-13(19)14(20)8-12(11)18/h3-8,15-16,22H,2H2,1H3. The summed E-state index contributed by atoms with van der Waals surface area (Å²) in [4.78, 5) is 0. The Morgan fingerprint density at radius 1 is 0.955 bits per heavy atom. The molecule has 0 aromatic heterocycles. The van der Waals surface area contributed by atoms with E-state index in [-0.39, 0.29) is 11.8 Å². The van der Waals surface area contributed by atoms with Crippen LogP contribution in [0.15, 0.2) is 36.4 Å². The van der Waals surface area contributed by atoms with Gasteiger partial charge in [0.2, 0.25) is 0 Å². The molecule has 1 fully saturated rings. The Morgan fingerprint density at radius 2 is 1.55 bits per heavy atom. The predicted octanol–water partition coefficient (Wildman–Crippen LogP) is 6.02. The maximum absolute atomic E-state index is 10.5. The molecule has 3 unspecified atom stereocenters. The Morgan fingerprint density at radius 3 is 2.14 bits per heavy atom. The highest BCUT2D eigenvalue weighted by Gasteiger charge is 2.65. The van der Waals surface area contributed by atoms with Gasteiger partial charge in [0.25, 0.3) is 0 Å². The summed E-state index contributed by atoms with van der Waals surface area (Å²) in [5.41, 5.74) is 2.95. The van der Waals surface area contributed by atoms with E-state index in [0.717, 1.165) is 17.5 Å². The maximum atomic E-state index is 10.5. The number of hydrogen-bond acceptors (Lipinski definition) is 1. The van der Waals surface area contributed by atoms with Crippen LogP contribution >= 0.6 is 46.4 Å². The van der Waals surface area contributed by atoms with Crippen molar-refractivity contribution in [2.45, 2.75) is 30.2 Å². The van der Waals surface area contributed by atoms with Gasteiger partial charge < -0.3 is 5.11 Å². The molecule has 1 N–H and O–H groups in total. The second-order valence-electron chi connectivity index (χ2n) is 5.57. The number of aliphatic hydroxyl groups is 1. The molecular formula is C17H14Cl4O. The van der Waals surface area contributed by atoms with E-state index >= 15 is 0 Å². The third kappa shape index (κ3) is 2.74. The van der Waals surface area contributed by atoms with E-state index in [1.165, 1.54) is 5.56 Å². The van der Waals surface area contributed by atoms with E-state index in [1.54, 1.807) is 12.1 Å². The molecule has 1 aliphatic carbocycles. The highest BCUT2D eigenvalue weighted by molar-refractivity contribution is 6.43. The van der Waals surface area contributed by atoms with Crippen LogP contribution in [0.5, 0.6) is 0 Å². The van der Waals surface area contributed by atoms with Crippen LogP contribution in [0.4, 0.5) is 0 Å². The third-order valence-corrected chi connectivity index (χ3v) is 5.74. The lowest BCUT2D eigenvalue weighted by Gasteiger charge is -2.06. The van der Waals surface area contributed by atoms with Gasteiger partial charge in [-0.25, -0.2) is 0 Å².